The predicted octanol–water partition coefficient (Wildman–Crippen LogP) is 2.83. The molecule has 94 valence electrons. The van der Waals surface area contributed by atoms with Gasteiger partial charge in [0, 0.05) is 19.7 Å². The van der Waals surface area contributed by atoms with Crippen molar-refractivity contribution in [2.24, 2.45) is 17.3 Å². The van der Waals surface area contributed by atoms with Crippen LogP contribution in [0.25, 0.3) is 0 Å². The van der Waals surface area contributed by atoms with Gasteiger partial charge in [-0.2, -0.15) is 0 Å². The lowest BCUT2D eigenvalue weighted by molar-refractivity contribution is 0.0146. The normalized spacial score (nSPS) is 23.8. The minimum Gasteiger partial charge on any atom is -0.380 e. The van der Waals surface area contributed by atoms with E-state index in [0.29, 0.717) is 6.10 Å². The van der Waals surface area contributed by atoms with Gasteiger partial charge in [0.25, 0.3) is 0 Å². The highest BCUT2D eigenvalue weighted by atomic mass is 16.5. The maximum Gasteiger partial charge on any atom is 0.0743 e. The first-order valence-corrected chi connectivity index (χ1v) is 6.78. The van der Waals surface area contributed by atoms with Gasteiger partial charge in [0.1, 0.15) is 0 Å². The van der Waals surface area contributed by atoms with Gasteiger partial charge in [0.2, 0.25) is 0 Å². The van der Waals surface area contributed by atoms with Crippen LogP contribution < -0.4 is 5.32 Å². The summed E-state index contributed by atoms with van der Waals surface area (Å²) in [6.07, 6.45) is 6.11. The fourth-order valence-corrected chi connectivity index (χ4v) is 2.62. The number of hydrogen-bond acceptors (Lipinski definition) is 2. The maximum absolute atomic E-state index is 5.60. The summed E-state index contributed by atoms with van der Waals surface area (Å²) < 4.78 is 5.60. The molecular formula is C14H27NO. The third-order valence-electron chi connectivity index (χ3n) is 4.05. The first-order chi connectivity index (χ1) is 7.52. The van der Waals surface area contributed by atoms with E-state index in [-0.39, 0.29) is 5.41 Å². The minimum absolute atomic E-state index is 0.236. The molecule has 2 rings (SSSR count). The van der Waals surface area contributed by atoms with Crippen LogP contribution in [0.5, 0.6) is 0 Å². The van der Waals surface area contributed by atoms with Crippen molar-refractivity contribution in [1.82, 2.24) is 5.32 Å². The van der Waals surface area contributed by atoms with Crippen LogP contribution in [0.4, 0.5) is 0 Å². The van der Waals surface area contributed by atoms with Crippen LogP contribution in [-0.2, 0) is 4.74 Å². The Morgan fingerprint density at radius 2 is 1.62 bits per heavy atom. The molecular weight excluding hydrogens is 198 g/mol. The number of hydrogen-bond donors (Lipinski definition) is 1. The monoisotopic (exact) mass is 225 g/mol. The van der Waals surface area contributed by atoms with Crippen molar-refractivity contribution >= 4 is 0 Å². The Labute approximate surface area is 100 Å². The fraction of sp³-hybridized carbons (Fsp3) is 1.00. The highest BCUT2D eigenvalue weighted by Crippen LogP contribution is 2.44. The third kappa shape index (κ3) is 3.21. The molecule has 0 aliphatic heterocycles. The summed E-state index contributed by atoms with van der Waals surface area (Å²) in [7, 11) is 1.83. The number of rotatable bonds is 6. The highest BCUT2D eigenvalue weighted by molar-refractivity contribution is 4.97. The van der Waals surface area contributed by atoms with E-state index in [4.69, 9.17) is 4.74 Å². The summed E-state index contributed by atoms with van der Waals surface area (Å²) in [4.78, 5) is 0. The molecule has 2 aliphatic rings. The third-order valence-corrected chi connectivity index (χ3v) is 4.05. The molecule has 2 heteroatoms. The van der Waals surface area contributed by atoms with Crippen LogP contribution >= 0.6 is 0 Å². The van der Waals surface area contributed by atoms with E-state index >= 15 is 0 Å². The Hall–Kier alpha value is -0.0800. The zero-order chi connectivity index (χ0) is 11.8. The topological polar surface area (TPSA) is 21.3 Å². The summed E-state index contributed by atoms with van der Waals surface area (Å²) >= 11 is 0. The zero-order valence-electron chi connectivity index (χ0n) is 11.3. The van der Waals surface area contributed by atoms with Crippen LogP contribution in [0, 0.1) is 17.3 Å². The lowest BCUT2D eigenvalue weighted by atomic mass is 9.88. The van der Waals surface area contributed by atoms with Crippen LogP contribution in [0.3, 0.4) is 0 Å². The van der Waals surface area contributed by atoms with E-state index in [2.05, 4.69) is 26.1 Å². The van der Waals surface area contributed by atoms with Crippen LogP contribution in [0.2, 0.25) is 0 Å². The van der Waals surface area contributed by atoms with Crippen LogP contribution in [-0.4, -0.2) is 25.8 Å². The number of ether oxygens (including phenoxy) is 1. The summed E-state index contributed by atoms with van der Waals surface area (Å²) in [6.45, 7) is 7.78. The molecule has 1 unspecified atom stereocenters. The Morgan fingerprint density at radius 1 is 1.12 bits per heavy atom. The van der Waals surface area contributed by atoms with Gasteiger partial charge < -0.3 is 10.1 Å². The van der Waals surface area contributed by atoms with Gasteiger partial charge in [0.15, 0.2) is 0 Å². The molecule has 0 aromatic rings. The zero-order valence-corrected chi connectivity index (χ0v) is 11.3. The van der Waals surface area contributed by atoms with Crippen molar-refractivity contribution in [2.45, 2.75) is 58.6 Å². The molecule has 2 fully saturated rings. The number of nitrogens with one attached hydrogen (secondary N) is 1. The standard InChI is InChI=1S/C14H27NO/c1-14(2,3)12(16-4)9-15-13(10-5-6-10)11-7-8-11/h10-13,15H,5-9H2,1-4H3. The minimum atomic E-state index is 0.236. The SMILES string of the molecule is COC(CNC(C1CC1)C1CC1)C(C)(C)C. The van der Waals surface area contributed by atoms with Crippen molar-refractivity contribution in [3.05, 3.63) is 0 Å². The van der Waals surface area contributed by atoms with Crippen molar-refractivity contribution < 1.29 is 4.74 Å². The van der Waals surface area contributed by atoms with E-state index in [0.717, 1.165) is 24.4 Å². The number of methoxy groups -OCH3 is 1. The predicted molar refractivity (Wildman–Crippen MR) is 67.5 cm³/mol. The fourth-order valence-electron chi connectivity index (χ4n) is 2.62. The van der Waals surface area contributed by atoms with E-state index < -0.39 is 0 Å². The second-order valence-electron chi connectivity index (χ2n) is 6.70. The Bertz CT molecular complexity index is 211. The first-order valence-electron chi connectivity index (χ1n) is 6.78. The van der Waals surface area contributed by atoms with Gasteiger partial charge in [-0.3, -0.25) is 0 Å². The highest BCUT2D eigenvalue weighted by Gasteiger charge is 2.41. The molecule has 0 aromatic carbocycles. The summed E-state index contributed by atoms with van der Waals surface area (Å²) in [5, 5.41) is 3.78. The average molecular weight is 225 g/mol. The van der Waals surface area contributed by atoms with Gasteiger partial charge in [-0.15, -0.1) is 0 Å². The molecule has 1 N–H and O–H groups in total. The molecule has 2 nitrogen and oxygen atoms in total. The molecule has 0 bridgehead atoms. The van der Waals surface area contributed by atoms with Gasteiger partial charge in [-0.05, 0) is 42.9 Å². The molecule has 0 aromatic heterocycles. The maximum atomic E-state index is 5.60. The van der Waals surface area contributed by atoms with E-state index in [1.54, 1.807) is 0 Å². The molecule has 1 atom stereocenters. The summed E-state index contributed by atoms with van der Waals surface area (Å²) in [5.74, 6) is 1.95. The lowest BCUT2D eigenvalue weighted by Crippen LogP contribution is -2.43. The summed E-state index contributed by atoms with van der Waals surface area (Å²) in [6, 6.07) is 0.792. The van der Waals surface area contributed by atoms with Crippen LogP contribution in [0.1, 0.15) is 46.5 Å². The molecule has 2 saturated carbocycles. The second-order valence-corrected chi connectivity index (χ2v) is 6.70. The van der Waals surface area contributed by atoms with Crippen molar-refractivity contribution in [3.63, 3.8) is 0 Å². The molecule has 16 heavy (non-hydrogen) atoms. The van der Waals surface area contributed by atoms with E-state index in [9.17, 15) is 0 Å². The molecule has 0 heterocycles. The smallest absolute Gasteiger partial charge is 0.0743 e. The summed E-state index contributed by atoms with van der Waals surface area (Å²) in [5.41, 5.74) is 0.236. The van der Waals surface area contributed by atoms with Crippen molar-refractivity contribution in [3.8, 4) is 0 Å². The second kappa shape index (κ2) is 4.66. The van der Waals surface area contributed by atoms with Gasteiger partial charge in [0.05, 0.1) is 6.10 Å². The Morgan fingerprint density at radius 3 is 1.94 bits per heavy atom. The van der Waals surface area contributed by atoms with Gasteiger partial charge in [-0.1, -0.05) is 20.8 Å². The quantitative estimate of drug-likeness (QED) is 0.750. The van der Waals surface area contributed by atoms with Crippen molar-refractivity contribution in [2.75, 3.05) is 13.7 Å². The van der Waals surface area contributed by atoms with Gasteiger partial charge in [-0.25, -0.2) is 0 Å². The Balaban J connectivity index is 1.79. The molecule has 0 saturated heterocycles. The molecule has 0 amide bonds. The molecule has 2 aliphatic carbocycles. The Kier molecular flexibility index (Phi) is 3.60. The van der Waals surface area contributed by atoms with E-state index in [1.165, 1.54) is 25.7 Å². The largest absolute Gasteiger partial charge is 0.380 e. The molecule has 0 radical (unpaired) electrons. The first kappa shape index (κ1) is 12.4. The lowest BCUT2D eigenvalue weighted by Gasteiger charge is -2.31. The van der Waals surface area contributed by atoms with E-state index in [1.807, 2.05) is 7.11 Å². The molecule has 0 spiro atoms. The average Bonchev–Trinajstić information content (AvgIpc) is 2.99. The van der Waals surface area contributed by atoms with Crippen LogP contribution in [0.15, 0.2) is 0 Å². The van der Waals surface area contributed by atoms with Gasteiger partial charge >= 0.3 is 0 Å². The van der Waals surface area contributed by atoms with Crippen molar-refractivity contribution in [1.29, 1.82) is 0 Å².